The first-order valence-corrected chi connectivity index (χ1v) is 7.43. The molecule has 0 aliphatic heterocycles. The van der Waals surface area contributed by atoms with Crippen molar-refractivity contribution in [3.63, 3.8) is 0 Å². The van der Waals surface area contributed by atoms with Crippen LogP contribution in [0.3, 0.4) is 0 Å². The SMILES string of the molecule is OC(CCc1cccs1)CC1CCCCC1. The number of hydrogen-bond donors (Lipinski definition) is 1. The van der Waals surface area contributed by atoms with Crippen LogP contribution >= 0.6 is 11.3 Å². The maximum absolute atomic E-state index is 10.0. The van der Waals surface area contributed by atoms with Gasteiger partial charge in [0, 0.05) is 4.88 Å². The van der Waals surface area contributed by atoms with Crippen LogP contribution in [0.5, 0.6) is 0 Å². The average Bonchev–Trinajstić information content (AvgIpc) is 2.81. The van der Waals surface area contributed by atoms with Crippen molar-refractivity contribution in [1.29, 1.82) is 0 Å². The van der Waals surface area contributed by atoms with Gasteiger partial charge in [0.2, 0.25) is 0 Å². The van der Waals surface area contributed by atoms with Gasteiger partial charge in [-0.15, -0.1) is 11.3 Å². The molecule has 1 N–H and O–H groups in total. The zero-order valence-corrected chi connectivity index (χ0v) is 10.7. The smallest absolute Gasteiger partial charge is 0.0546 e. The van der Waals surface area contributed by atoms with E-state index in [0.717, 1.165) is 25.2 Å². The molecule has 0 bridgehead atoms. The summed E-state index contributed by atoms with van der Waals surface area (Å²) in [6.45, 7) is 0. The summed E-state index contributed by atoms with van der Waals surface area (Å²) in [6.07, 6.45) is 9.79. The van der Waals surface area contributed by atoms with Gasteiger partial charge in [0.15, 0.2) is 0 Å². The van der Waals surface area contributed by atoms with Gasteiger partial charge in [-0.2, -0.15) is 0 Å². The Morgan fingerprint density at radius 3 is 2.81 bits per heavy atom. The van der Waals surface area contributed by atoms with Crippen molar-refractivity contribution in [1.82, 2.24) is 0 Å². The van der Waals surface area contributed by atoms with Crippen molar-refractivity contribution in [2.75, 3.05) is 0 Å². The van der Waals surface area contributed by atoms with Crippen LogP contribution in [-0.4, -0.2) is 11.2 Å². The van der Waals surface area contributed by atoms with Crippen LogP contribution in [0.25, 0.3) is 0 Å². The van der Waals surface area contributed by atoms with Crippen LogP contribution in [0.1, 0.15) is 49.8 Å². The maximum Gasteiger partial charge on any atom is 0.0546 e. The minimum atomic E-state index is -0.0785. The lowest BCUT2D eigenvalue weighted by atomic mass is 9.85. The standard InChI is InChI=1S/C14H22OS/c15-13(8-9-14-7-4-10-16-14)11-12-5-2-1-3-6-12/h4,7,10,12-13,15H,1-3,5-6,8-9,11H2. The van der Waals surface area contributed by atoms with E-state index in [0.29, 0.717) is 0 Å². The molecule has 1 aromatic heterocycles. The minimum absolute atomic E-state index is 0.0785. The molecule has 1 aliphatic carbocycles. The number of rotatable bonds is 5. The van der Waals surface area contributed by atoms with E-state index in [2.05, 4.69) is 17.5 Å². The Kier molecular flexibility index (Phi) is 4.86. The Hall–Kier alpha value is -0.340. The molecule has 0 radical (unpaired) electrons. The zero-order valence-electron chi connectivity index (χ0n) is 9.90. The van der Waals surface area contributed by atoms with Gasteiger partial charge in [0.1, 0.15) is 0 Å². The van der Waals surface area contributed by atoms with Gasteiger partial charge in [0.25, 0.3) is 0 Å². The summed E-state index contributed by atoms with van der Waals surface area (Å²) < 4.78 is 0. The van der Waals surface area contributed by atoms with Crippen molar-refractivity contribution in [2.45, 2.75) is 57.5 Å². The van der Waals surface area contributed by atoms with E-state index in [-0.39, 0.29) is 6.10 Å². The van der Waals surface area contributed by atoms with Gasteiger partial charge in [-0.1, -0.05) is 38.2 Å². The first kappa shape index (κ1) is 12.1. The quantitative estimate of drug-likeness (QED) is 0.821. The van der Waals surface area contributed by atoms with Crippen LogP contribution in [0.2, 0.25) is 0 Å². The summed E-state index contributed by atoms with van der Waals surface area (Å²) in [5, 5.41) is 12.1. The highest BCUT2D eigenvalue weighted by atomic mass is 32.1. The highest BCUT2D eigenvalue weighted by Gasteiger charge is 2.17. The van der Waals surface area contributed by atoms with Gasteiger partial charge in [0.05, 0.1) is 6.10 Å². The monoisotopic (exact) mass is 238 g/mol. The third kappa shape index (κ3) is 3.91. The normalized spacial score (nSPS) is 19.8. The van der Waals surface area contributed by atoms with Gasteiger partial charge < -0.3 is 5.11 Å². The van der Waals surface area contributed by atoms with E-state index in [9.17, 15) is 5.11 Å². The predicted octanol–water partition coefficient (Wildman–Crippen LogP) is 4.01. The van der Waals surface area contributed by atoms with Crippen LogP contribution < -0.4 is 0 Å². The number of hydrogen-bond acceptors (Lipinski definition) is 2. The average molecular weight is 238 g/mol. The number of thiophene rings is 1. The van der Waals surface area contributed by atoms with E-state index in [1.54, 1.807) is 11.3 Å². The fourth-order valence-electron chi connectivity index (χ4n) is 2.69. The molecule has 90 valence electrons. The van der Waals surface area contributed by atoms with E-state index in [4.69, 9.17) is 0 Å². The van der Waals surface area contributed by atoms with Crippen molar-refractivity contribution < 1.29 is 5.11 Å². The van der Waals surface area contributed by atoms with Gasteiger partial charge >= 0.3 is 0 Å². The van der Waals surface area contributed by atoms with E-state index < -0.39 is 0 Å². The Bertz CT molecular complexity index is 275. The largest absolute Gasteiger partial charge is 0.393 e. The topological polar surface area (TPSA) is 20.2 Å². The Morgan fingerprint density at radius 2 is 2.12 bits per heavy atom. The molecule has 0 amide bonds. The third-order valence-corrected chi connectivity index (χ3v) is 4.57. The summed E-state index contributed by atoms with van der Waals surface area (Å²) in [5.74, 6) is 0.798. The fraction of sp³-hybridized carbons (Fsp3) is 0.714. The van der Waals surface area contributed by atoms with Crippen LogP contribution in [0, 0.1) is 5.92 Å². The molecule has 0 aromatic carbocycles. The highest BCUT2D eigenvalue weighted by Crippen LogP contribution is 2.28. The molecule has 1 fully saturated rings. The predicted molar refractivity (Wildman–Crippen MR) is 69.8 cm³/mol. The Labute approximate surface area is 103 Å². The molecule has 1 atom stereocenters. The lowest BCUT2D eigenvalue weighted by Crippen LogP contribution is -2.16. The molecular formula is C14H22OS. The molecule has 1 heterocycles. The number of aryl methyl sites for hydroxylation is 1. The van der Waals surface area contributed by atoms with Crippen LogP contribution in [0.15, 0.2) is 17.5 Å². The molecule has 1 aliphatic rings. The second-order valence-electron chi connectivity index (χ2n) is 5.01. The van der Waals surface area contributed by atoms with Crippen molar-refractivity contribution in [2.24, 2.45) is 5.92 Å². The molecular weight excluding hydrogens is 216 g/mol. The fourth-order valence-corrected chi connectivity index (χ4v) is 3.41. The van der Waals surface area contributed by atoms with Gasteiger partial charge in [-0.05, 0) is 36.6 Å². The molecule has 1 aromatic rings. The van der Waals surface area contributed by atoms with E-state index >= 15 is 0 Å². The second-order valence-corrected chi connectivity index (χ2v) is 6.04. The molecule has 16 heavy (non-hydrogen) atoms. The van der Waals surface area contributed by atoms with Crippen molar-refractivity contribution >= 4 is 11.3 Å². The first-order valence-electron chi connectivity index (χ1n) is 6.55. The number of aliphatic hydroxyl groups is 1. The summed E-state index contributed by atoms with van der Waals surface area (Å²) >= 11 is 1.80. The van der Waals surface area contributed by atoms with Crippen LogP contribution in [0.4, 0.5) is 0 Å². The third-order valence-electron chi connectivity index (χ3n) is 3.63. The molecule has 1 unspecified atom stereocenters. The summed E-state index contributed by atoms with van der Waals surface area (Å²) in [6, 6.07) is 4.26. The Balaban J connectivity index is 1.65. The number of aliphatic hydroxyl groups excluding tert-OH is 1. The summed E-state index contributed by atoms with van der Waals surface area (Å²) in [4.78, 5) is 1.41. The van der Waals surface area contributed by atoms with Gasteiger partial charge in [-0.3, -0.25) is 0 Å². The highest BCUT2D eigenvalue weighted by molar-refractivity contribution is 7.09. The molecule has 0 saturated heterocycles. The van der Waals surface area contributed by atoms with E-state index in [1.807, 2.05) is 0 Å². The minimum Gasteiger partial charge on any atom is -0.393 e. The van der Waals surface area contributed by atoms with Crippen LogP contribution in [-0.2, 0) is 6.42 Å². The molecule has 2 rings (SSSR count). The summed E-state index contributed by atoms with van der Waals surface area (Å²) in [7, 11) is 0. The zero-order chi connectivity index (χ0) is 11.2. The van der Waals surface area contributed by atoms with Crippen molar-refractivity contribution in [3.05, 3.63) is 22.4 Å². The first-order chi connectivity index (χ1) is 7.84. The molecule has 0 spiro atoms. The van der Waals surface area contributed by atoms with E-state index in [1.165, 1.54) is 37.0 Å². The maximum atomic E-state index is 10.0. The van der Waals surface area contributed by atoms with Gasteiger partial charge in [-0.25, -0.2) is 0 Å². The Morgan fingerprint density at radius 1 is 1.31 bits per heavy atom. The second kappa shape index (κ2) is 6.41. The molecule has 1 saturated carbocycles. The lowest BCUT2D eigenvalue weighted by molar-refractivity contribution is 0.122. The van der Waals surface area contributed by atoms with Crippen molar-refractivity contribution in [3.8, 4) is 0 Å². The lowest BCUT2D eigenvalue weighted by Gasteiger charge is -2.23. The summed E-state index contributed by atoms with van der Waals surface area (Å²) in [5.41, 5.74) is 0. The molecule has 1 nitrogen and oxygen atoms in total. The molecule has 2 heteroatoms.